The standard InChI is InChI=1S/C26H29NO7/c1-4-14-33-21-8-5-7-19(16-21)24(29)22-23(18-9-11-20(12-10-18)34-17(2)28)27(13-6-15-32-3)26(31)25(22)30/h5,7-12,16,23,29H,4,6,13-15H2,1-3H3/b24-22-. The fourth-order valence-corrected chi connectivity index (χ4v) is 3.83. The Morgan fingerprint density at radius 1 is 1.06 bits per heavy atom. The predicted octanol–water partition coefficient (Wildman–Crippen LogP) is 3.86. The fraction of sp³-hybridized carbons (Fsp3) is 0.346. The molecule has 180 valence electrons. The molecule has 1 unspecified atom stereocenters. The summed E-state index contributed by atoms with van der Waals surface area (Å²) in [5.74, 6) is -1.28. The van der Waals surface area contributed by atoms with Crippen LogP contribution in [0.15, 0.2) is 54.1 Å². The van der Waals surface area contributed by atoms with Gasteiger partial charge in [-0.25, -0.2) is 0 Å². The first-order valence-electron chi connectivity index (χ1n) is 11.2. The molecule has 2 aromatic carbocycles. The Morgan fingerprint density at radius 3 is 2.44 bits per heavy atom. The van der Waals surface area contributed by atoms with E-state index in [9.17, 15) is 19.5 Å². The van der Waals surface area contributed by atoms with E-state index in [-0.39, 0.29) is 17.9 Å². The van der Waals surface area contributed by atoms with Gasteiger partial charge in [-0.15, -0.1) is 0 Å². The van der Waals surface area contributed by atoms with Gasteiger partial charge < -0.3 is 24.2 Å². The summed E-state index contributed by atoms with van der Waals surface area (Å²) in [6.07, 6.45) is 1.35. The minimum absolute atomic E-state index is 0.00436. The Kier molecular flexibility index (Phi) is 8.43. The van der Waals surface area contributed by atoms with Crippen LogP contribution in [-0.4, -0.2) is 54.5 Å². The van der Waals surface area contributed by atoms with E-state index in [1.165, 1.54) is 11.8 Å². The number of aliphatic hydroxyl groups is 1. The summed E-state index contributed by atoms with van der Waals surface area (Å²) in [7, 11) is 1.56. The number of carbonyl (C=O) groups is 3. The molecule has 8 heteroatoms. The quantitative estimate of drug-likeness (QED) is 0.141. The number of esters is 1. The number of ketones is 1. The molecule has 0 radical (unpaired) electrons. The van der Waals surface area contributed by atoms with E-state index in [2.05, 4.69) is 0 Å². The molecule has 34 heavy (non-hydrogen) atoms. The van der Waals surface area contributed by atoms with Gasteiger partial charge in [-0.1, -0.05) is 31.2 Å². The summed E-state index contributed by atoms with van der Waals surface area (Å²) in [5.41, 5.74) is 0.979. The minimum atomic E-state index is -0.802. The van der Waals surface area contributed by atoms with Gasteiger partial charge in [0.15, 0.2) is 0 Å². The Balaban J connectivity index is 2.06. The van der Waals surface area contributed by atoms with Crippen LogP contribution in [0.3, 0.4) is 0 Å². The first kappa shape index (κ1) is 25.0. The van der Waals surface area contributed by atoms with E-state index in [4.69, 9.17) is 14.2 Å². The maximum absolute atomic E-state index is 13.1. The summed E-state index contributed by atoms with van der Waals surface area (Å²) in [6.45, 7) is 4.49. The average molecular weight is 468 g/mol. The van der Waals surface area contributed by atoms with Crippen LogP contribution in [0.2, 0.25) is 0 Å². The van der Waals surface area contributed by atoms with E-state index in [1.807, 2.05) is 6.92 Å². The molecular weight excluding hydrogens is 438 g/mol. The molecule has 1 N–H and O–H groups in total. The Hall–Kier alpha value is -3.65. The molecule has 1 aliphatic heterocycles. The van der Waals surface area contributed by atoms with E-state index in [0.717, 1.165) is 6.42 Å². The van der Waals surface area contributed by atoms with Crippen molar-refractivity contribution < 1.29 is 33.7 Å². The molecular formula is C26H29NO7. The van der Waals surface area contributed by atoms with Crippen LogP contribution in [0.25, 0.3) is 5.76 Å². The van der Waals surface area contributed by atoms with Gasteiger partial charge >= 0.3 is 5.97 Å². The summed E-state index contributed by atoms with van der Waals surface area (Å²) < 4.78 is 15.8. The maximum atomic E-state index is 13.1. The van der Waals surface area contributed by atoms with Crippen molar-refractivity contribution in [3.8, 4) is 11.5 Å². The molecule has 1 fully saturated rings. The lowest BCUT2D eigenvalue weighted by Crippen LogP contribution is -2.31. The number of likely N-dealkylation sites (tertiary alicyclic amines) is 1. The van der Waals surface area contributed by atoms with Crippen molar-refractivity contribution in [2.75, 3.05) is 26.9 Å². The number of nitrogens with zero attached hydrogens (tertiary/aromatic N) is 1. The summed E-state index contributed by atoms with van der Waals surface area (Å²) in [6, 6.07) is 12.5. The molecule has 1 atom stereocenters. The predicted molar refractivity (Wildman–Crippen MR) is 125 cm³/mol. The average Bonchev–Trinajstić information content (AvgIpc) is 3.08. The first-order chi connectivity index (χ1) is 16.4. The number of carbonyl (C=O) groups excluding carboxylic acids is 3. The van der Waals surface area contributed by atoms with Crippen molar-refractivity contribution in [1.82, 2.24) is 4.90 Å². The number of hydrogen-bond donors (Lipinski definition) is 1. The Bertz CT molecular complexity index is 1070. The van der Waals surface area contributed by atoms with Gasteiger partial charge in [0.2, 0.25) is 0 Å². The SMILES string of the molecule is CCCOc1cccc(/C(O)=C2/C(=O)C(=O)N(CCCOC)C2c2ccc(OC(C)=O)cc2)c1. The number of Topliss-reactive ketones (excluding diaryl/α,β-unsaturated/α-hetero) is 1. The third-order valence-corrected chi connectivity index (χ3v) is 5.33. The number of hydrogen-bond acceptors (Lipinski definition) is 7. The molecule has 1 heterocycles. The van der Waals surface area contributed by atoms with Gasteiger partial charge in [0.25, 0.3) is 11.7 Å². The van der Waals surface area contributed by atoms with Crippen LogP contribution in [0.4, 0.5) is 0 Å². The maximum Gasteiger partial charge on any atom is 0.308 e. The van der Waals surface area contributed by atoms with Gasteiger partial charge in [-0.05, 0) is 42.7 Å². The van der Waals surface area contributed by atoms with E-state index in [1.54, 1.807) is 55.6 Å². The second-order valence-corrected chi connectivity index (χ2v) is 7.88. The largest absolute Gasteiger partial charge is 0.507 e. The normalized spacial score (nSPS) is 17.1. The number of benzene rings is 2. The molecule has 1 amide bonds. The van der Waals surface area contributed by atoms with E-state index in [0.29, 0.717) is 42.3 Å². The number of methoxy groups -OCH3 is 1. The molecule has 2 aromatic rings. The molecule has 0 spiro atoms. The zero-order valence-corrected chi connectivity index (χ0v) is 19.6. The highest BCUT2D eigenvalue weighted by Gasteiger charge is 2.45. The lowest BCUT2D eigenvalue weighted by atomic mass is 9.95. The van der Waals surface area contributed by atoms with Gasteiger partial charge in [0.05, 0.1) is 18.2 Å². The number of aliphatic hydroxyl groups excluding tert-OH is 1. The summed E-state index contributed by atoms with van der Waals surface area (Å²) >= 11 is 0. The highest BCUT2D eigenvalue weighted by Crippen LogP contribution is 2.40. The topological polar surface area (TPSA) is 102 Å². The van der Waals surface area contributed by atoms with E-state index >= 15 is 0 Å². The lowest BCUT2D eigenvalue weighted by molar-refractivity contribution is -0.140. The summed E-state index contributed by atoms with van der Waals surface area (Å²) in [4.78, 5) is 38.7. The fourth-order valence-electron chi connectivity index (χ4n) is 3.83. The second kappa shape index (κ2) is 11.5. The van der Waals surface area contributed by atoms with Crippen LogP contribution in [0.1, 0.15) is 43.9 Å². The molecule has 1 aliphatic rings. The molecule has 0 aliphatic carbocycles. The monoisotopic (exact) mass is 467 g/mol. The van der Waals surface area contributed by atoms with Gasteiger partial charge in [0, 0.05) is 32.7 Å². The van der Waals surface area contributed by atoms with Gasteiger partial charge in [-0.2, -0.15) is 0 Å². The third-order valence-electron chi connectivity index (χ3n) is 5.33. The molecule has 0 saturated carbocycles. The molecule has 3 rings (SSSR count). The second-order valence-electron chi connectivity index (χ2n) is 7.88. The smallest absolute Gasteiger partial charge is 0.308 e. The van der Waals surface area contributed by atoms with Gasteiger partial charge in [0.1, 0.15) is 17.3 Å². The van der Waals surface area contributed by atoms with E-state index < -0.39 is 23.7 Å². The molecule has 0 bridgehead atoms. The molecule has 0 aromatic heterocycles. The molecule has 8 nitrogen and oxygen atoms in total. The summed E-state index contributed by atoms with van der Waals surface area (Å²) in [5, 5.41) is 11.2. The van der Waals surface area contributed by atoms with Crippen LogP contribution in [0, 0.1) is 0 Å². The van der Waals surface area contributed by atoms with Crippen molar-refractivity contribution in [2.45, 2.75) is 32.7 Å². The zero-order valence-electron chi connectivity index (χ0n) is 19.6. The van der Waals surface area contributed by atoms with Crippen molar-refractivity contribution in [3.63, 3.8) is 0 Å². The number of rotatable bonds is 10. The highest BCUT2D eigenvalue weighted by molar-refractivity contribution is 6.46. The Labute approximate surface area is 198 Å². The Morgan fingerprint density at radius 2 is 1.79 bits per heavy atom. The van der Waals surface area contributed by atoms with Crippen LogP contribution >= 0.6 is 0 Å². The number of ether oxygens (including phenoxy) is 3. The van der Waals surface area contributed by atoms with Crippen LogP contribution in [-0.2, 0) is 19.1 Å². The van der Waals surface area contributed by atoms with Crippen molar-refractivity contribution >= 4 is 23.4 Å². The third kappa shape index (κ3) is 5.63. The van der Waals surface area contributed by atoms with Crippen molar-refractivity contribution in [1.29, 1.82) is 0 Å². The van der Waals surface area contributed by atoms with Crippen molar-refractivity contribution in [3.05, 3.63) is 65.2 Å². The zero-order chi connectivity index (χ0) is 24.7. The van der Waals surface area contributed by atoms with Crippen LogP contribution < -0.4 is 9.47 Å². The first-order valence-corrected chi connectivity index (χ1v) is 11.2. The van der Waals surface area contributed by atoms with Crippen LogP contribution in [0.5, 0.6) is 11.5 Å². The van der Waals surface area contributed by atoms with Gasteiger partial charge in [-0.3, -0.25) is 14.4 Å². The molecule has 1 saturated heterocycles. The lowest BCUT2D eigenvalue weighted by Gasteiger charge is -2.25. The minimum Gasteiger partial charge on any atom is -0.507 e. The van der Waals surface area contributed by atoms with Crippen molar-refractivity contribution in [2.24, 2.45) is 0 Å². The highest BCUT2D eigenvalue weighted by atomic mass is 16.5. The number of amides is 1.